The lowest BCUT2D eigenvalue weighted by atomic mass is 9.97. The molecule has 0 aliphatic rings. The molecular formula is C45H25N5. The van der Waals surface area contributed by atoms with Crippen molar-refractivity contribution < 1.29 is 0 Å². The molecule has 0 amide bonds. The van der Waals surface area contributed by atoms with Crippen molar-refractivity contribution in [3.8, 4) is 51.8 Å². The van der Waals surface area contributed by atoms with Crippen molar-refractivity contribution in [2.75, 3.05) is 0 Å². The summed E-state index contributed by atoms with van der Waals surface area (Å²) in [6, 6.07) is 57.9. The lowest BCUT2D eigenvalue weighted by Gasteiger charge is -2.16. The topological polar surface area (TPSA) is 81.2 Å². The highest BCUT2D eigenvalue weighted by Gasteiger charge is 2.20. The SMILES string of the molecule is N#Cc1ccc2c(c1)c1ccccc1n2-c1cccc(-c2ccc(-c3cccc(C#N)c3-n3c4ccccc4c4c(C#N)cccc43)cc2)c1. The van der Waals surface area contributed by atoms with Crippen LogP contribution in [0.3, 0.4) is 0 Å². The maximum Gasteiger partial charge on any atom is 0.101 e. The van der Waals surface area contributed by atoms with Gasteiger partial charge in [-0.25, -0.2) is 0 Å². The van der Waals surface area contributed by atoms with Gasteiger partial charge in [-0.2, -0.15) is 15.8 Å². The van der Waals surface area contributed by atoms with Gasteiger partial charge in [0.05, 0.1) is 56.6 Å². The van der Waals surface area contributed by atoms with Crippen molar-refractivity contribution in [2.45, 2.75) is 0 Å². The van der Waals surface area contributed by atoms with Gasteiger partial charge >= 0.3 is 0 Å². The second-order valence-electron chi connectivity index (χ2n) is 12.3. The molecule has 5 heteroatoms. The van der Waals surface area contributed by atoms with Gasteiger partial charge in [0.15, 0.2) is 0 Å². The van der Waals surface area contributed by atoms with Crippen molar-refractivity contribution in [1.82, 2.24) is 9.13 Å². The van der Waals surface area contributed by atoms with E-state index in [1.165, 1.54) is 0 Å². The summed E-state index contributed by atoms with van der Waals surface area (Å²) in [5.41, 5.74) is 11.6. The molecule has 0 unspecified atom stereocenters. The Morgan fingerprint density at radius 1 is 0.400 bits per heavy atom. The van der Waals surface area contributed by atoms with Gasteiger partial charge in [-0.05, 0) is 77.4 Å². The first-order valence-electron chi connectivity index (χ1n) is 16.3. The Morgan fingerprint density at radius 2 is 1.04 bits per heavy atom. The fourth-order valence-electron chi connectivity index (χ4n) is 7.45. The van der Waals surface area contributed by atoms with E-state index in [2.05, 4.69) is 94.1 Å². The van der Waals surface area contributed by atoms with Crippen molar-refractivity contribution in [3.05, 3.63) is 168 Å². The molecule has 0 fully saturated rings. The van der Waals surface area contributed by atoms with Crippen LogP contribution in [0.1, 0.15) is 16.7 Å². The zero-order valence-electron chi connectivity index (χ0n) is 26.7. The number of nitriles is 3. The third-order valence-electron chi connectivity index (χ3n) is 9.63. The van der Waals surface area contributed by atoms with Crippen molar-refractivity contribution in [2.24, 2.45) is 0 Å². The molecule has 7 aromatic carbocycles. The van der Waals surface area contributed by atoms with Crippen LogP contribution in [-0.2, 0) is 0 Å². The number of hydrogen-bond donors (Lipinski definition) is 0. The van der Waals surface area contributed by atoms with Crippen LogP contribution in [0.15, 0.2) is 152 Å². The van der Waals surface area contributed by atoms with Crippen LogP contribution in [0, 0.1) is 34.0 Å². The first kappa shape index (κ1) is 28.8. The van der Waals surface area contributed by atoms with Crippen LogP contribution < -0.4 is 0 Å². The van der Waals surface area contributed by atoms with E-state index in [1.807, 2.05) is 84.9 Å². The Labute approximate surface area is 287 Å². The van der Waals surface area contributed by atoms with E-state index in [1.54, 1.807) is 0 Å². The molecule has 5 nitrogen and oxygen atoms in total. The molecule has 0 spiro atoms. The quantitative estimate of drug-likeness (QED) is 0.193. The molecule has 230 valence electrons. The van der Waals surface area contributed by atoms with E-state index in [9.17, 15) is 15.8 Å². The van der Waals surface area contributed by atoms with Crippen LogP contribution in [-0.4, -0.2) is 9.13 Å². The van der Waals surface area contributed by atoms with Crippen molar-refractivity contribution in [1.29, 1.82) is 15.8 Å². The minimum atomic E-state index is 0.553. The number of benzene rings is 7. The fraction of sp³-hybridized carbons (Fsp3) is 0. The van der Waals surface area contributed by atoms with E-state index >= 15 is 0 Å². The van der Waals surface area contributed by atoms with Crippen LogP contribution in [0.4, 0.5) is 0 Å². The van der Waals surface area contributed by atoms with Gasteiger partial charge < -0.3 is 9.13 Å². The van der Waals surface area contributed by atoms with E-state index in [-0.39, 0.29) is 0 Å². The standard InChI is InChI=1S/C45H25N5/c46-26-29-18-23-42-39(24-29)37-12-1-3-15-40(37)49(42)35-11-5-8-32(25-35)30-19-21-31(22-20-30)36-14-6-10-34(28-48)45(36)50-41-16-4-2-13-38(41)44-33(27-47)9-7-17-43(44)50/h1-25H. The zero-order valence-corrected chi connectivity index (χ0v) is 26.7. The Bertz CT molecular complexity index is 2960. The van der Waals surface area contributed by atoms with Gasteiger partial charge in [0.25, 0.3) is 0 Å². The highest BCUT2D eigenvalue weighted by atomic mass is 15.0. The third kappa shape index (κ3) is 4.31. The van der Waals surface area contributed by atoms with Gasteiger partial charge in [-0.3, -0.25) is 0 Å². The molecule has 2 heterocycles. The van der Waals surface area contributed by atoms with Gasteiger partial charge in [0, 0.05) is 32.8 Å². The van der Waals surface area contributed by atoms with E-state index in [4.69, 9.17) is 0 Å². The average Bonchev–Trinajstić information content (AvgIpc) is 3.70. The highest BCUT2D eigenvalue weighted by molar-refractivity contribution is 6.12. The highest BCUT2D eigenvalue weighted by Crippen LogP contribution is 2.40. The minimum absolute atomic E-state index is 0.553. The lowest BCUT2D eigenvalue weighted by molar-refractivity contribution is 1.17. The predicted octanol–water partition coefficient (Wildman–Crippen LogP) is 10.8. The number of hydrogen-bond acceptors (Lipinski definition) is 3. The number of rotatable bonds is 4. The molecule has 0 atom stereocenters. The Kier molecular flexibility index (Phi) is 6.56. The predicted molar refractivity (Wildman–Crippen MR) is 200 cm³/mol. The van der Waals surface area contributed by atoms with E-state index < -0.39 is 0 Å². The molecule has 0 N–H and O–H groups in total. The molecular weight excluding hydrogens is 611 g/mol. The second-order valence-corrected chi connectivity index (χ2v) is 12.3. The first-order valence-corrected chi connectivity index (χ1v) is 16.3. The summed E-state index contributed by atoms with van der Waals surface area (Å²) in [7, 11) is 0. The van der Waals surface area contributed by atoms with Crippen molar-refractivity contribution in [3.63, 3.8) is 0 Å². The average molecular weight is 636 g/mol. The van der Waals surface area contributed by atoms with Gasteiger partial charge in [-0.1, -0.05) is 91.0 Å². The van der Waals surface area contributed by atoms with Gasteiger partial charge in [-0.15, -0.1) is 0 Å². The van der Waals surface area contributed by atoms with Crippen molar-refractivity contribution >= 4 is 43.6 Å². The second kappa shape index (κ2) is 11.4. The summed E-state index contributed by atoms with van der Waals surface area (Å²) >= 11 is 0. The number of para-hydroxylation sites is 3. The smallest absolute Gasteiger partial charge is 0.101 e. The maximum atomic E-state index is 10.4. The zero-order chi connectivity index (χ0) is 33.8. The van der Waals surface area contributed by atoms with Crippen LogP contribution in [0.5, 0.6) is 0 Å². The molecule has 0 aliphatic carbocycles. The Morgan fingerprint density at radius 3 is 1.82 bits per heavy atom. The minimum Gasteiger partial charge on any atom is -0.309 e. The number of aromatic nitrogens is 2. The molecule has 50 heavy (non-hydrogen) atoms. The number of nitrogens with zero attached hydrogens (tertiary/aromatic N) is 5. The molecule has 2 aromatic heterocycles. The molecule has 9 rings (SSSR count). The van der Waals surface area contributed by atoms with E-state index in [0.717, 1.165) is 77.2 Å². The third-order valence-corrected chi connectivity index (χ3v) is 9.63. The normalized spacial score (nSPS) is 11.1. The Balaban J connectivity index is 1.18. The maximum absolute atomic E-state index is 10.4. The lowest BCUT2D eigenvalue weighted by Crippen LogP contribution is -2.01. The largest absolute Gasteiger partial charge is 0.309 e. The molecule has 0 bridgehead atoms. The van der Waals surface area contributed by atoms with Crippen LogP contribution >= 0.6 is 0 Å². The first-order chi connectivity index (χ1) is 24.7. The molecule has 0 radical (unpaired) electrons. The van der Waals surface area contributed by atoms with Gasteiger partial charge in [0.2, 0.25) is 0 Å². The summed E-state index contributed by atoms with van der Waals surface area (Å²) in [6.07, 6.45) is 0. The Hall–Kier alpha value is -7.39. The van der Waals surface area contributed by atoms with Crippen LogP contribution in [0.25, 0.3) is 77.2 Å². The molecule has 0 saturated carbocycles. The van der Waals surface area contributed by atoms with Gasteiger partial charge in [0.1, 0.15) is 6.07 Å². The fourth-order valence-corrected chi connectivity index (χ4v) is 7.45. The summed E-state index contributed by atoms with van der Waals surface area (Å²) in [4.78, 5) is 0. The summed E-state index contributed by atoms with van der Waals surface area (Å²) in [5.74, 6) is 0. The van der Waals surface area contributed by atoms with Crippen LogP contribution in [0.2, 0.25) is 0 Å². The summed E-state index contributed by atoms with van der Waals surface area (Å²) in [5, 5.41) is 33.9. The summed E-state index contributed by atoms with van der Waals surface area (Å²) in [6.45, 7) is 0. The van der Waals surface area contributed by atoms with E-state index in [0.29, 0.717) is 16.7 Å². The monoisotopic (exact) mass is 635 g/mol. The summed E-state index contributed by atoms with van der Waals surface area (Å²) < 4.78 is 4.38. The molecule has 9 aromatic rings. The molecule has 0 saturated heterocycles. The molecule has 0 aliphatic heterocycles. The number of fused-ring (bicyclic) bond motifs is 6.